The van der Waals surface area contributed by atoms with Gasteiger partial charge in [-0.15, -0.1) is 0 Å². The van der Waals surface area contributed by atoms with Crippen molar-refractivity contribution in [2.45, 2.75) is 70.1 Å². The molecule has 0 rings (SSSR count). The fraction of sp³-hybridized carbons (Fsp3) is 0.684. The van der Waals surface area contributed by atoms with E-state index in [-0.39, 0.29) is 38.0 Å². The number of carbonyl (C=O) groups is 6. The monoisotopic (exact) mass is 475 g/mol. The molecule has 0 aromatic heterocycles. The molecule has 0 heterocycles. The van der Waals surface area contributed by atoms with Gasteiger partial charge in [-0.1, -0.05) is 13.8 Å². The summed E-state index contributed by atoms with van der Waals surface area (Å²) in [6.07, 6.45) is -1.06. The van der Waals surface area contributed by atoms with Crippen molar-refractivity contribution in [1.29, 1.82) is 0 Å². The van der Waals surface area contributed by atoms with Crippen LogP contribution < -0.4 is 27.4 Å². The molecular formula is C19H33N5O9. The lowest BCUT2D eigenvalue weighted by molar-refractivity contribution is -0.143. The van der Waals surface area contributed by atoms with E-state index in [1.165, 1.54) is 0 Å². The van der Waals surface area contributed by atoms with Crippen LogP contribution in [0.1, 0.15) is 46.0 Å². The van der Waals surface area contributed by atoms with Crippen LogP contribution in [0.4, 0.5) is 0 Å². The van der Waals surface area contributed by atoms with Gasteiger partial charge in [-0.3, -0.25) is 24.0 Å². The fourth-order valence-electron chi connectivity index (χ4n) is 2.68. The van der Waals surface area contributed by atoms with Crippen molar-refractivity contribution in [3.8, 4) is 0 Å². The normalized spacial score (nSPS) is 14.5. The van der Waals surface area contributed by atoms with Crippen molar-refractivity contribution in [3.05, 3.63) is 0 Å². The van der Waals surface area contributed by atoms with E-state index >= 15 is 0 Å². The first kappa shape index (κ1) is 29.7. The van der Waals surface area contributed by atoms with Crippen molar-refractivity contribution in [2.24, 2.45) is 17.4 Å². The summed E-state index contributed by atoms with van der Waals surface area (Å²) in [6.45, 7) is 2.63. The second-order valence-electron chi connectivity index (χ2n) is 7.88. The number of carboxylic acid groups (broad SMARTS) is 2. The topological polar surface area (TPSA) is 251 Å². The Bertz CT molecular complexity index is 728. The molecule has 0 fully saturated rings. The molecule has 0 spiro atoms. The summed E-state index contributed by atoms with van der Waals surface area (Å²) in [5.74, 6) is -6.08. The minimum absolute atomic E-state index is 0.0627. The highest BCUT2D eigenvalue weighted by molar-refractivity contribution is 5.94. The van der Waals surface area contributed by atoms with Crippen LogP contribution in [0.2, 0.25) is 0 Å². The van der Waals surface area contributed by atoms with Crippen LogP contribution in [-0.2, 0) is 28.8 Å². The van der Waals surface area contributed by atoms with Crippen LogP contribution in [0, 0.1) is 5.92 Å². The lowest BCUT2D eigenvalue weighted by Gasteiger charge is -2.24. The molecule has 188 valence electrons. The van der Waals surface area contributed by atoms with E-state index in [2.05, 4.69) is 16.0 Å². The third kappa shape index (κ3) is 12.4. The zero-order chi connectivity index (χ0) is 25.7. The summed E-state index contributed by atoms with van der Waals surface area (Å²) < 4.78 is 0. The molecule has 0 aliphatic carbocycles. The third-order valence-electron chi connectivity index (χ3n) is 4.46. The van der Waals surface area contributed by atoms with E-state index < -0.39 is 66.3 Å². The van der Waals surface area contributed by atoms with Crippen molar-refractivity contribution in [2.75, 3.05) is 6.61 Å². The summed E-state index contributed by atoms with van der Waals surface area (Å²) in [5.41, 5.74) is 10.7. The molecule has 10 N–H and O–H groups in total. The number of aliphatic carboxylic acids is 2. The van der Waals surface area contributed by atoms with Gasteiger partial charge in [0, 0.05) is 12.8 Å². The Morgan fingerprint density at radius 2 is 1.30 bits per heavy atom. The summed E-state index contributed by atoms with van der Waals surface area (Å²) in [5, 5.41) is 34.1. The van der Waals surface area contributed by atoms with Crippen molar-refractivity contribution in [3.63, 3.8) is 0 Å². The lowest BCUT2D eigenvalue weighted by atomic mass is 10.0. The van der Waals surface area contributed by atoms with Gasteiger partial charge in [-0.05, 0) is 25.2 Å². The molecule has 0 aliphatic heterocycles. The van der Waals surface area contributed by atoms with Crippen LogP contribution in [0.5, 0.6) is 0 Å². The molecule has 0 saturated heterocycles. The first-order valence-electron chi connectivity index (χ1n) is 10.3. The quantitative estimate of drug-likeness (QED) is 0.112. The molecule has 4 amide bonds. The van der Waals surface area contributed by atoms with Crippen LogP contribution in [0.3, 0.4) is 0 Å². The number of aliphatic hydroxyl groups excluding tert-OH is 1. The smallest absolute Gasteiger partial charge is 0.326 e. The van der Waals surface area contributed by atoms with E-state index in [0.29, 0.717) is 0 Å². The first-order valence-corrected chi connectivity index (χ1v) is 10.3. The van der Waals surface area contributed by atoms with Crippen molar-refractivity contribution < 1.29 is 44.1 Å². The summed E-state index contributed by atoms with van der Waals surface area (Å²) >= 11 is 0. The van der Waals surface area contributed by atoms with Gasteiger partial charge >= 0.3 is 11.9 Å². The SMILES string of the molecule is CC(C)CC(NC(=O)C(CO)NC(=O)C(CCC(N)=O)NC(=O)C(N)CCC(=O)O)C(=O)O. The van der Waals surface area contributed by atoms with Crippen LogP contribution >= 0.6 is 0 Å². The Kier molecular flexibility index (Phi) is 13.3. The maximum Gasteiger partial charge on any atom is 0.326 e. The second kappa shape index (κ2) is 14.7. The van der Waals surface area contributed by atoms with Crippen LogP contribution in [0.25, 0.3) is 0 Å². The molecule has 0 aromatic carbocycles. The summed E-state index contributed by atoms with van der Waals surface area (Å²) in [6, 6.07) is -5.43. The number of nitrogens with one attached hydrogen (secondary N) is 3. The van der Waals surface area contributed by atoms with Crippen LogP contribution in [0.15, 0.2) is 0 Å². The lowest BCUT2D eigenvalue weighted by Crippen LogP contribution is -2.58. The maximum atomic E-state index is 12.6. The predicted molar refractivity (Wildman–Crippen MR) is 113 cm³/mol. The van der Waals surface area contributed by atoms with Gasteiger partial charge in [0.05, 0.1) is 12.6 Å². The minimum Gasteiger partial charge on any atom is -0.481 e. The second-order valence-corrected chi connectivity index (χ2v) is 7.88. The third-order valence-corrected chi connectivity index (χ3v) is 4.46. The molecular weight excluding hydrogens is 442 g/mol. The van der Waals surface area contributed by atoms with Crippen molar-refractivity contribution >= 4 is 35.6 Å². The average Bonchev–Trinajstić information content (AvgIpc) is 2.71. The Hall–Kier alpha value is -3.26. The van der Waals surface area contributed by atoms with Crippen molar-refractivity contribution in [1.82, 2.24) is 16.0 Å². The van der Waals surface area contributed by atoms with E-state index in [4.69, 9.17) is 16.6 Å². The number of hydrogen-bond acceptors (Lipinski definition) is 8. The van der Waals surface area contributed by atoms with Crippen LogP contribution in [-0.4, -0.2) is 81.7 Å². The molecule has 0 aliphatic rings. The molecule has 14 heteroatoms. The van der Waals surface area contributed by atoms with Gasteiger partial charge in [0.1, 0.15) is 18.1 Å². The molecule has 0 radical (unpaired) electrons. The number of primary amides is 1. The zero-order valence-electron chi connectivity index (χ0n) is 18.6. The fourth-order valence-corrected chi connectivity index (χ4v) is 2.68. The molecule has 4 atom stereocenters. The number of amides is 4. The standard InChI is InChI=1S/C19H33N5O9/c1-9(2)7-12(19(32)33)23-18(31)13(8-25)24-17(30)11(4-5-14(21)26)22-16(29)10(20)3-6-15(27)28/h9-13,25H,3-8,20H2,1-2H3,(H2,21,26)(H,22,29)(H,23,31)(H,24,30)(H,27,28)(H,32,33). The van der Waals surface area contributed by atoms with Gasteiger partial charge in [0.2, 0.25) is 23.6 Å². The zero-order valence-corrected chi connectivity index (χ0v) is 18.6. The summed E-state index contributed by atoms with van der Waals surface area (Å²) in [4.78, 5) is 70.3. The largest absolute Gasteiger partial charge is 0.481 e. The molecule has 4 unspecified atom stereocenters. The molecule has 14 nitrogen and oxygen atoms in total. The number of hydrogen-bond donors (Lipinski definition) is 8. The number of rotatable bonds is 16. The highest BCUT2D eigenvalue weighted by Gasteiger charge is 2.30. The predicted octanol–water partition coefficient (Wildman–Crippen LogP) is -2.98. The Balaban J connectivity index is 5.29. The molecule has 0 bridgehead atoms. The molecule has 0 aromatic rings. The number of nitrogens with two attached hydrogens (primary N) is 2. The van der Waals surface area contributed by atoms with E-state index in [1.807, 2.05) is 0 Å². The van der Waals surface area contributed by atoms with E-state index in [9.17, 15) is 39.0 Å². The van der Waals surface area contributed by atoms with E-state index in [1.54, 1.807) is 13.8 Å². The molecule has 33 heavy (non-hydrogen) atoms. The highest BCUT2D eigenvalue weighted by atomic mass is 16.4. The van der Waals surface area contributed by atoms with Gasteiger partial charge in [0.25, 0.3) is 0 Å². The first-order chi connectivity index (χ1) is 15.3. The number of carboxylic acids is 2. The average molecular weight is 475 g/mol. The Labute approximate surface area is 190 Å². The van der Waals surface area contributed by atoms with Gasteiger partial charge in [-0.2, -0.15) is 0 Å². The maximum absolute atomic E-state index is 12.6. The minimum atomic E-state index is -1.54. The Morgan fingerprint density at radius 1 is 0.788 bits per heavy atom. The molecule has 0 saturated carbocycles. The highest BCUT2D eigenvalue weighted by Crippen LogP contribution is 2.06. The van der Waals surface area contributed by atoms with Gasteiger partial charge < -0.3 is 42.7 Å². The van der Waals surface area contributed by atoms with E-state index in [0.717, 1.165) is 0 Å². The number of carbonyl (C=O) groups excluding carboxylic acids is 4. The van der Waals surface area contributed by atoms with Gasteiger partial charge in [0.15, 0.2) is 0 Å². The van der Waals surface area contributed by atoms with Gasteiger partial charge in [-0.25, -0.2) is 4.79 Å². The Morgan fingerprint density at radius 3 is 1.76 bits per heavy atom. The summed E-state index contributed by atoms with van der Waals surface area (Å²) in [7, 11) is 0. The number of aliphatic hydroxyl groups is 1.